The lowest BCUT2D eigenvalue weighted by molar-refractivity contribution is -0.122. The first-order valence-corrected chi connectivity index (χ1v) is 6.88. The van der Waals surface area contributed by atoms with E-state index >= 15 is 0 Å². The van der Waals surface area contributed by atoms with Crippen LogP contribution in [0.5, 0.6) is 0 Å². The molecular weight excluding hydrogens is 214 g/mol. The first-order chi connectivity index (χ1) is 8.17. The lowest BCUT2D eigenvalue weighted by Gasteiger charge is -2.29. The molecule has 1 heterocycles. The summed E-state index contributed by atoms with van der Waals surface area (Å²) in [6.07, 6.45) is 4.30. The normalized spacial score (nSPS) is 24.1. The molecule has 0 bridgehead atoms. The van der Waals surface area contributed by atoms with Gasteiger partial charge >= 0.3 is 0 Å². The van der Waals surface area contributed by atoms with Crippen LogP contribution in [0.2, 0.25) is 0 Å². The molecule has 0 aromatic carbocycles. The molecule has 1 saturated heterocycles. The van der Waals surface area contributed by atoms with Crippen molar-refractivity contribution in [1.82, 2.24) is 10.2 Å². The van der Waals surface area contributed by atoms with Crippen molar-refractivity contribution in [3.8, 4) is 0 Å². The monoisotopic (exact) mass is 241 g/mol. The van der Waals surface area contributed by atoms with Gasteiger partial charge in [0.15, 0.2) is 0 Å². The highest BCUT2D eigenvalue weighted by molar-refractivity contribution is 5.76. The van der Waals surface area contributed by atoms with E-state index in [1.165, 1.54) is 19.3 Å². The number of nitrogens with zero attached hydrogens (tertiary/aromatic N) is 1. The van der Waals surface area contributed by atoms with Crippen LogP contribution in [-0.4, -0.2) is 43.0 Å². The first-order valence-electron chi connectivity index (χ1n) is 6.88. The predicted octanol–water partition coefficient (Wildman–Crippen LogP) is 0.962. The second-order valence-electron chi connectivity index (χ2n) is 5.12. The molecule has 1 aliphatic rings. The minimum atomic E-state index is 0.125. The molecule has 0 saturated carbocycles. The second-order valence-corrected chi connectivity index (χ2v) is 5.12. The van der Waals surface area contributed by atoms with Crippen LogP contribution < -0.4 is 11.1 Å². The lowest BCUT2D eigenvalue weighted by Crippen LogP contribution is -2.44. The topological polar surface area (TPSA) is 58.4 Å². The van der Waals surface area contributed by atoms with Gasteiger partial charge in [0, 0.05) is 25.6 Å². The van der Waals surface area contributed by atoms with Crippen LogP contribution in [0.4, 0.5) is 0 Å². The number of carbonyl (C=O) groups excluding carboxylic acids is 1. The summed E-state index contributed by atoms with van der Waals surface area (Å²) in [7, 11) is 0. The second kappa shape index (κ2) is 7.67. The molecule has 0 radical (unpaired) electrons. The molecule has 1 aliphatic heterocycles. The minimum Gasteiger partial charge on any atom is -0.356 e. The number of hydrogen-bond donors (Lipinski definition) is 2. The molecule has 2 unspecified atom stereocenters. The van der Waals surface area contributed by atoms with Crippen molar-refractivity contribution in [2.45, 2.75) is 45.6 Å². The molecule has 17 heavy (non-hydrogen) atoms. The van der Waals surface area contributed by atoms with E-state index < -0.39 is 0 Å². The van der Waals surface area contributed by atoms with Gasteiger partial charge in [0.1, 0.15) is 0 Å². The summed E-state index contributed by atoms with van der Waals surface area (Å²) in [6, 6.07) is 0.215. The molecule has 1 fully saturated rings. The molecule has 2 atom stereocenters. The molecular formula is C13H27N3O. The van der Waals surface area contributed by atoms with Crippen molar-refractivity contribution >= 4 is 5.91 Å². The van der Waals surface area contributed by atoms with E-state index in [0.717, 1.165) is 19.0 Å². The Morgan fingerprint density at radius 3 is 2.88 bits per heavy atom. The van der Waals surface area contributed by atoms with Gasteiger partial charge in [-0.25, -0.2) is 0 Å². The van der Waals surface area contributed by atoms with E-state index in [9.17, 15) is 4.79 Å². The third-order valence-corrected chi connectivity index (χ3v) is 3.63. The Hall–Kier alpha value is -0.610. The van der Waals surface area contributed by atoms with E-state index in [-0.39, 0.29) is 11.9 Å². The average molecular weight is 241 g/mol. The number of rotatable bonds is 5. The van der Waals surface area contributed by atoms with Gasteiger partial charge in [-0.2, -0.15) is 0 Å². The molecule has 1 amide bonds. The van der Waals surface area contributed by atoms with E-state index in [0.29, 0.717) is 19.5 Å². The SMILES string of the molecule is CCNC(=O)CC(CN)N1CCCC(C)CC1. The van der Waals surface area contributed by atoms with Crippen LogP contribution in [0, 0.1) is 5.92 Å². The highest BCUT2D eigenvalue weighted by Gasteiger charge is 2.22. The highest BCUT2D eigenvalue weighted by atomic mass is 16.1. The third-order valence-electron chi connectivity index (χ3n) is 3.63. The Bertz CT molecular complexity index is 233. The van der Waals surface area contributed by atoms with Crippen LogP contribution in [-0.2, 0) is 4.79 Å². The van der Waals surface area contributed by atoms with Gasteiger partial charge in [-0.3, -0.25) is 9.69 Å². The summed E-state index contributed by atoms with van der Waals surface area (Å²) in [5.41, 5.74) is 5.81. The molecule has 0 aliphatic carbocycles. The zero-order chi connectivity index (χ0) is 12.7. The summed E-state index contributed by atoms with van der Waals surface area (Å²) in [6.45, 7) is 7.71. The van der Waals surface area contributed by atoms with Crippen LogP contribution in [0.15, 0.2) is 0 Å². The Kier molecular flexibility index (Phi) is 6.52. The first kappa shape index (κ1) is 14.5. The van der Waals surface area contributed by atoms with E-state index in [2.05, 4.69) is 17.1 Å². The van der Waals surface area contributed by atoms with E-state index in [1.54, 1.807) is 0 Å². The summed E-state index contributed by atoms with van der Waals surface area (Å²) < 4.78 is 0. The van der Waals surface area contributed by atoms with Gasteiger partial charge in [-0.05, 0) is 45.2 Å². The van der Waals surface area contributed by atoms with Gasteiger partial charge in [0.05, 0.1) is 0 Å². The molecule has 0 aromatic heterocycles. The number of nitrogens with two attached hydrogens (primary N) is 1. The third kappa shape index (κ3) is 5.04. The number of hydrogen-bond acceptors (Lipinski definition) is 3. The van der Waals surface area contributed by atoms with E-state index in [4.69, 9.17) is 5.73 Å². The maximum atomic E-state index is 11.6. The number of carbonyl (C=O) groups is 1. The van der Waals surface area contributed by atoms with Crippen LogP contribution in [0.3, 0.4) is 0 Å². The molecule has 0 spiro atoms. The Labute approximate surface area is 105 Å². The maximum Gasteiger partial charge on any atom is 0.221 e. The number of nitrogens with one attached hydrogen (secondary N) is 1. The van der Waals surface area contributed by atoms with Crippen LogP contribution >= 0.6 is 0 Å². The van der Waals surface area contributed by atoms with Crippen molar-refractivity contribution in [2.75, 3.05) is 26.2 Å². The Morgan fingerprint density at radius 1 is 1.47 bits per heavy atom. The maximum absolute atomic E-state index is 11.6. The number of likely N-dealkylation sites (tertiary alicyclic amines) is 1. The van der Waals surface area contributed by atoms with Crippen molar-refractivity contribution in [2.24, 2.45) is 11.7 Å². The molecule has 3 N–H and O–H groups in total. The van der Waals surface area contributed by atoms with Gasteiger partial charge < -0.3 is 11.1 Å². The van der Waals surface area contributed by atoms with Crippen molar-refractivity contribution in [3.63, 3.8) is 0 Å². The summed E-state index contributed by atoms with van der Waals surface area (Å²) >= 11 is 0. The zero-order valence-electron chi connectivity index (χ0n) is 11.2. The molecule has 1 rings (SSSR count). The standard InChI is InChI=1S/C13H27N3O/c1-3-15-13(17)9-12(10-14)16-7-4-5-11(2)6-8-16/h11-12H,3-10,14H2,1-2H3,(H,15,17). The largest absolute Gasteiger partial charge is 0.356 e. The summed E-state index contributed by atoms with van der Waals surface area (Å²) in [5, 5.41) is 2.85. The van der Waals surface area contributed by atoms with Crippen molar-refractivity contribution in [1.29, 1.82) is 0 Å². The average Bonchev–Trinajstić information content (AvgIpc) is 2.51. The molecule has 100 valence electrons. The smallest absolute Gasteiger partial charge is 0.221 e. The Balaban J connectivity index is 2.45. The van der Waals surface area contributed by atoms with Crippen LogP contribution in [0.1, 0.15) is 39.5 Å². The van der Waals surface area contributed by atoms with E-state index in [1.807, 2.05) is 6.92 Å². The Morgan fingerprint density at radius 2 is 2.24 bits per heavy atom. The molecule has 4 heteroatoms. The minimum absolute atomic E-state index is 0.125. The fourth-order valence-corrected chi connectivity index (χ4v) is 2.50. The molecule has 0 aromatic rings. The summed E-state index contributed by atoms with van der Waals surface area (Å²) in [5.74, 6) is 0.933. The highest BCUT2D eigenvalue weighted by Crippen LogP contribution is 2.18. The fraction of sp³-hybridized carbons (Fsp3) is 0.923. The van der Waals surface area contributed by atoms with Crippen molar-refractivity contribution < 1.29 is 4.79 Å². The molecule has 4 nitrogen and oxygen atoms in total. The van der Waals surface area contributed by atoms with Gasteiger partial charge in [-0.15, -0.1) is 0 Å². The zero-order valence-corrected chi connectivity index (χ0v) is 11.2. The van der Waals surface area contributed by atoms with Gasteiger partial charge in [0.25, 0.3) is 0 Å². The fourth-order valence-electron chi connectivity index (χ4n) is 2.50. The predicted molar refractivity (Wildman–Crippen MR) is 70.7 cm³/mol. The van der Waals surface area contributed by atoms with Gasteiger partial charge in [0.2, 0.25) is 5.91 Å². The summed E-state index contributed by atoms with van der Waals surface area (Å²) in [4.78, 5) is 14.0. The quantitative estimate of drug-likeness (QED) is 0.754. The van der Waals surface area contributed by atoms with Gasteiger partial charge in [-0.1, -0.05) is 6.92 Å². The number of amides is 1. The lowest BCUT2D eigenvalue weighted by atomic mass is 10.0. The van der Waals surface area contributed by atoms with Crippen molar-refractivity contribution in [3.05, 3.63) is 0 Å². The van der Waals surface area contributed by atoms with Crippen LogP contribution in [0.25, 0.3) is 0 Å².